The number of methoxy groups -OCH3 is 1. The molecule has 2 aromatic rings. The normalized spacial score (nSPS) is 12.0. The number of benzene rings is 2. The molecule has 0 saturated heterocycles. The summed E-state index contributed by atoms with van der Waals surface area (Å²) in [7, 11) is 1.42. The van der Waals surface area contributed by atoms with Crippen LogP contribution < -0.4 is 15.2 Å². The fraction of sp³-hybridized carbons (Fsp3) is 0.250. The van der Waals surface area contributed by atoms with Gasteiger partial charge in [-0.25, -0.2) is 4.39 Å². The minimum Gasteiger partial charge on any atom is -0.494 e. The van der Waals surface area contributed by atoms with Crippen LogP contribution in [-0.4, -0.2) is 7.11 Å². The average Bonchev–Trinajstić information content (AvgIpc) is 2.47. The van der Waals surface area contributed by atoms with Gasteiger partial charge in [0.2, 0.25) is 0 Å². The van der Waals surface area contributed by atoms with Crippen molar-refractivity contribution in [3.63, 3.8) is 0 Å². The van der Waals surface area contributed by atoms with E-state index in [0.717, 1.165) is 5.56 Å². The maximum absolute atomic E-state index is 14.0. The summed E-state index contributed by atoms with van der Waals surface area (Å²) in [4.78, 5) is 0. The third-order valence-electron chi connectivity index (χ3n) is 3.13. The first-order chi connectivity index (χ1) is 10.0. The molecule has 0 radical (unpaired) electrons. The van der Waals surface area contributed by atoms with Crippen LogP contribution in [0.15, 0.2) is 36.4 Å². The molecule has 0 unspecified atom stereocenters. The molecule has 2 N–H and O–H groups in total. The zero-order chi connectivity index (χ0) is 15.4. The highest BCUT2D eigenvalue weighted by molar-refractivity contribution is 6.32. The molecular formula is C16H17ClFNO2. The van der Waals surface area contributed by atoms with Crippen molar-refractivity contribution in [2.75, 3.05) is 7.11 Å². The molecule has 0 fully saturated rings. The Labute approximate surface area is 128 Å². The van der Waals surface area contributed by atoms with Crippen molar-refractivity contribution in [1.29, 1.82) is 0 Å². The molecule has 0 aromatic heterocycles. The quantitative estimate of drug-likeness (QED) is 0.905. The molecule has 0 amide bonds. The first kappa shape index (κ1) is 15.6. The number of halogens is 2. The van der Waals surface area contributed by atoms with Crippen molar-refractivity contribution in [2.45, 2.75) is 19.6 Å². The largest absolute Gasteiger partial charge is 0.494 e. The lowest BCUT2D eigenvalue weighted by Crippen LogP contribution is -2.05. The van der Waals surface area contributed by atoms with Gasteiger partial charge in [0.15, 0.2) is 11.6 Å². The Hall–Kier alpha value is -1.78. The number of nitrogens with two attached hydrogens (primary N) is 1. The van der Waals surface area contributed by atoms with Crippen LogP contribution in [0.3, 0.4) is 0 Å². The van der Waals surface area contributed by atoms with Gasteiger partial charge >= 0.3 is 0 Å². The number of rotatable bonds is 5. The minimum atomic E-state index is -0.427. The molecule has 21 heavy (non-hydrogen) atoms. The molecule has 0 heterocycles. The zero-order valence-corrected chi connectivity index (χ0v) is 12.7. The Kier molecular flexibility index (Phi) is 5.04. The minimum absolute atomic E-state index is 0.0697. The van der Waals surface area contributed by atoms with E-state index in [4.69, 9.17) is 26.8 Å². The van der Waals surface area contributed by atoms with Crippen molar-refractivity contribution in [3.05, 3.63) is 58.4 Å². The maximum Gasteiger partial charge on any atom is 0.171 e. The summed E-state index contributed by atoms with van der Waals surface area (Å²) in [6.45, 7) is 1.94. The fourth-order valence-electron chi connectivity index (χ4n) is 1.90. The molecular weight excluding hydrogens is 293 g/mol. The third-order valence-corrected chi connectivity index (χ3v) is 3.42. The molecule has 0 saturated carbocycles. The van der Waals surface area contributed by atoms with E-state index in [1.54, 1.807) is 30.3 Å². The summed E-state index contributed by atoms with van der Waals surface area (Å²) in [5.41, 5.74) is 7.11. The first-order valence-corrected chi connectivity index (χ1v) is 6.90. The maximum atomic E-state index is 14.0. The average molecular weight is 310 g/mol. The molecule has 0 aliphatic heterocycles. The van der Waals surface area contributed by atoms with E-state index in [1.807, 2.05) is 13.0 Å². The summed E-state index contributed by atoms with van der Waals surface area (Å²) in [6, 6.07) is 10.1. The molecule has 2 rings (SSSR count). The Morgan fingerprint density at radius 3 is 2.62 bits per heavy atom. The molecule has 0 aliphatic rings. The highest BCUT2D eigenvalue weighted by Gasteiger charge is 2.10. The lowest BCUT2D eigenvalue weighted by molar-refractivity contribution is 0.296. The lowest BCUT2D eigenvalue weighted by atomic mass is 10.1. The predicted molar refractivity (Wildman–Crippen MR) is 81.3 cm³/mol. The summed E-state index contributed by atoms with van der Waals surface area (Å²) >= 11 is 6.14. The van der Waals surface area contributed by atoms with Crippen LogP contribution in [0.5, 0.6) is 11.5 Å². The van der Waals surface area contributed by atoms with Crippen LogP contribution in [0.2, 0.25) is 5.02 Å². The molecule has 3 nitrogen and oxygen atoms in total. The van der Waals surface area contributed by atoms with Gasteiger partial charge in [0, 0.05) is 11.6 Å². The van der Waals surface area contributed by atoms with E-state index in [0.29, 0.717) is 16.3 Å². The molecule has 0 aliphatic carbocycles. The second-order valence-electron chi connectivity index (χ2n) is 4.70. The van der Waals surface area contributed by atoms with Crippen LogP contribution in [0.25, 0.3) is 0 Å². The van der Waals surface area contributed by atoms with E-state index in [2.05, 4.69) is 0 Å². The van der Waals surface area contributed by atoms with Gasteiger partial charge in [-0.2, -0.15) is 0 Å². The Bertz CT molecular complexity index is 632. The van der Waals surface area contributed by atoms with Gasteiger partial charge in [-0.3, -0.25) is 0 Å². The zero-order valence-electron chi connectivity index (χ0n) is 11.9. The van der Waals surface area contributed by atoms with E-state index in [9.17, 15) is 4.39 Å². The van der Waals surface area contributed by atoms with Crippen LogP contribution in [-0.2, 0) is 6.61 Å². The first-order valence-electron chi connectivity index (χ1n) is 6.52. The second-order valence-corrected chi connectivity index (χ2v) is 5.11. The SMILES string of the molecule is COc1cccc(COc2ccc([C@H](C)N)cc2Cl)c1F. The second kappa shape index (κ2) is 6.78. The van der Waals surface area contributed by atoms with E-state index < -0.39 is 5.82 Å². The van der Waals surface area contributed by atoms with Crippen LogP contribution in [0.4, 0.5) is 4.39 Å². The fourth-order valence-corrected chi connectivity index (χ4v) is 2.14. The van der Waals surface area contributed by atoms with Crippen LogP contribution >= 0.6 is 11.6 Å². The van der Waals surface area contributed by atoms with Crippen LogP contribution in [0.1, 0.15) is 24.1 Å². The summed E-state index contributed by atoms with van der Waals surface area (Å²) in [5, 5.41) is 0.452. The van der Waals surface area contributed by atoms with Crippen molar-refractivity contribution in [1.82, 2.24) is 0 Å². The van der Waals surface area contributed by atoms with E-state index in [1.165, 1.54) is 7.11 Å². The molecule has 2 aromatic carbocycles. The standard InChI is InChI=1S/C16H17ClFNO2/c1-10(19)11-6-7-14(13(17)8-11)21-9-12-4-3-5-15(20-2)16(12)18/h3-8,10H,9,19H2,1-2H3/t10-/m0/s1. The Morgan fingerprint density at radius 1 is 1.24 bits per heavy atom. The smallest absolute Gasteiger partial charge is 0.171 e. The van der Waals surface area contributed by atoms with Gasteiger partial charge in [-0.15, -0.1) is 0 Å². The van der Waals surface area contributed by atoms with Crippen molar-refractivity contribution < 1.29 is 13.9 Å². The predicted octanol–water partition coefficient (Wildman–Crippen LogP) is 4.09. The molecule has 1 atom stereocenters. The van der Waals surface area contributed by atoms with E-state index >= 15 is 0 Å². The van der Waals surface area contributed by atoms with Crippen molar-refractivity contribution in [3.8, 4) is 11.5 Å². The Morgan fingerprint density at radius 2 is 2.00 bits per heavy atom. The monoisotopic (exact) mass is 309 g/mol. The van der Waals surface area contributed by atoms with Gasteiger partial charge in [0.1, 0.15) is 12.4 Å². The topological polar surface area (TPSA) is 44.5 Å². The number of hydrogen-bond donors (Lipinski definition) is 1. The molecule has 0 spiro atoms. The lowest BCUT2D eigenvalue weighted by Gasteiger charge is -2.12. The number of ether oxygens (including phenoxy) is 2. The van der Waals surface area contributed by atoms with Crippen LogP contribution in [0, 0.1) is 5.82 Å². The summed E-state index contributed by atoms with van der Waals surface area (Å²) < 4.78 is 24.5. The van der Waals surface area contributed by atoms with Gasteiger partial charge in [-0.05, 0) is 30.7 Å². The Balaban J connectivity index is 2.13. The van der Waals surface area contributed by atoms with Gasteiger partial charge in [0.05, 0.1) is 12.1 Å². The van der Waals surface area contributed by atoms with Crippen molar-refractivity contribution in [2.24, 2.45) is 5.73 Å². The third kappa shape index (κ3) is 3.65. The van der Waals surface area contributed by atoms with Gasteiger partial charge in [-0.1, -0.05) is 29.8 Å². The number of hydrogen-bond acceptors (Lipinski definition) is 3. The molecule has 0 bridgehead atoms. The van der Waals surface area contributed by atoms with E-state index in [-0.39, 0.29) is 18.4 Å². The molecule has 112 valence electrons. The van der Waals surface area contributed by atoms with Crippen molar-refractivity contribution >= 4 is 11.6 Å². The highest BCUT2D eigenvalue weighted by atomic mass is 35.5. The van der Waals surface area contributed by atoms with Gasteiger partial charge in [0.25, 0.3) is 0 Å². The summed E-state index contributed by atoms with van der Waals surface area (Å²) in [6.07, 6.45) is 0. The molecule has 5 heteroatoms. The summed E-state index contributed by atoms with van der Waals surface area (Å²) in [5.74, 6) is 0.251. The highest BCUT2D eigenvalue weighted by Crippen LogP contribution is 2.29. The van der Waals surface area contributed by atoms with Gasteiger partial charge < -0.3 is 15.2 Å².